The average Bonchev–Trinajstić information content (AvgIpc) is 3.32. The molecule has 4 rings (SSSR count). The van der Waals surface area contributed by atoms with E-state index in [-0.39, 0.29) is 25.5 Å². The third-order valence-corrected chi connectivity index (χ3v) is 4.28. The number of fused-ring (bicyclic) bond motifs is 1. The molecule has 2 N–H and O–H groups in total. The molecule has 10 heteroatoms. The van der Waals surface area contributed by atoms with Gasteiger partial charge in [0.15, 0.2) is 11.5 Å². The zero-order valence-corrected chi connectivity index (χ0v) is 14.5. The lowest BCUT2D eigenvalue weighted by atomic mass is 10.1. The minimum atomic E-state index is -1.90. The fraction of sp³-hybridized carbons (Fsp3) is 0.167. The SMILES string of the molecule is NCC(Cn1ncn(-c2ccc(-c3ccc4c(c3)OCO4)nc2)c1=O)=C(F)F. The molecule has 0 saturated heterocycles. The van der Waals surface area contributed by atoms with E-state index in [2.05, 4.69) is 10.1 Å². The van der Waals surface area contributed by atoms with Crippen LogP contribution in [0.1, 0.15) is 0 Å². The fourth-order valence-electron chi connectivity index (χ4n) is 2.76. The van der Waals surface area contributed by atoms with Crippen molar-refractivity contribution in [2.24, 2.45) is 5.73 Å². The van der Waals surface area contributed by atoms with Gasteiger partial charge < -0.3 is 15.2 Å². The molecule has 0 saturated carbocycles. The van der Waals surface area contributed by atoms with Crippen LogP contribution in [-0.4, -0.2) is 32.7 Å². The predicted octanol–water partition coefficient (Wildman–Crippen LogP) is 1.93. The number of rotatable bonds is 5. The highest BCUT2D eigenvalue weighted by Gasteiger charge is 2.15. The van der Waals surface area contributed by atoms with Crippen LogP contribution in [-0.2, 0) is 6.54 Å². The van der Waals surface area contributed by atoms with Crippen molar-refractivity contribution in [2.45, 2.75) is 6.54 Å². The summed E-state index contributed by atoms with van der Waals surface area (Å²) in [6, 6.07) is 8.90. The van der Waals surface area contributed by atoms with Crippen molar-refractivity contribution in [3.05, 3.63) is 65.0 Å². The molecule has 0 radical (unpaired) electrons. The third kappa shape index (κ3) is 3.25. The minimum Gasteiger partial charge on any atom is -0.454 e. The Morgan fingerprint density at radius 2 is 2.00 bits per heavy atom. The Morgan fingerprint density at radius 1 is 1.18 bits per heavy atom. The van der Waals surface area contributed by atoms with E-state index in [9.17, 15) is 13.6 Å². The van der Waals surface area contributed by atoms with Gasteiger partial charge in [-0.15, -0.1) is 0 Å². The second kappa shape index (κ2) is 7.24. The zero-order valence-electron chi connectivity index (χ0n) is 14.5. The highest BCUT2D eigenvalue weighted by atomic mass is 19.3. The number of nitrogens with two attached hydrogens (primary N) is 1. The van der Waals surface area contributed by atoms with E-state index in [0.29, 0.717) is 22.9 Å². The summed E-state index contributed by atoms with van der Waals surface area (Å²) in [4.78, 5) is 16.8. The molecular formula is C18H15F2N5O3. The molecular weight excluding hydrogens is 372 g/mol. The molecule has 3 aromatic rings. The minimum absolute atomic E-state index is 0.186. The van der Waals surface area contributed by atoms with E-state index < -0.39 is 11.8 Å². The van der Waals surface area contributed by atoms with Gasteiger partial charge in [-0.25, -0.2) is 14.0 Å². The summed E-state index contributed by atoms with van der Waals surface area (Å²) in [7, 11) is 0. The fourth-order valence-corrected chi connectivity index (χ4v) is 2.76. The van der Waals surface area contributed by atoms with Crippen molar-refractivity contribution in [3.8, 4) is 28.4 Å². The van der Waals surface area contributed by atoms with E-state index in [1.165, 1.54) is 17.1 Å². The molecule has 2 aromatic heterocycles. The van der Waals surface area contributed by atoms with Gasteiger partial charge in [-0.1, -0.05) is 0 Å². The number of hydrogen-bond acceptors (Lipinski definition) is 6. The maximum Gasteiger partial charge on any atom is 0.350 e. The van der Waals surface area contributed by atoms with Crippen LogP contribution in [0.4, 0.5) is 8.78 Å². The first kappa shape index (κ1) is 17.9. The van der Waals surface area contributed by atoms with Crippen molar-refractivity contribution < 1.29 is 18.3 Å². The van der Waals surface area contributed by atoms with Gasteiger partial charge in [0.1, 0.15) is 6.33 Å². The lowest BCUT2D eigenvalue weighted by Crippen LogP contribution is -2.26. The van der Waals surface area contributed by atoms with Gasteiger partial charge in [-0.05, 0) is 30.3 Å². The van der Waals surface area contributed by atoms with Gasteiger partial charge in [-0.3, -0.25) is 4.98 Å². The van der Waals surface area contributed by atoms with E-state index in [4.69, 9.17) is 15.2 Å². The van der Waals surface area contributed by atoms with Crippen molar-refractivity contribution in [1.29, 1.82) is 0 Å². The number of ether oxygens (including phenoxy) is 2. The number of nitrogens with zero attached hydrogens (tertiary/aromatic N) is 4. The summed E-state index contributed by atoms with van der Waals surface area (Å²) in [5.41, 5.74) is 6.33. The van der Waals surface area contributed by atoms with Crippen molar-refractivity contribution >= 4 is 0 Å². The molecule has 1 aliphatic rings. The maximum atomic E-state index is 12.8. The normalized spacial score (nSPS) is 12.2. The standard InChI is InChI=1S/C18H15F2N5O3/c19-17(20)12(6-21)8-25-18(26)24(9-23-25)13-2-3-14(22-7-13)11-1-4-15-16(5-11)28-10-27-15/h1-5,7,9H,6,8,10,21H2. The summed E-state index contributed by atoms with van der Waals surface area (Å²) < 4.78 is 38.3. The van der Waals surface area contributed by atoms with Gasteiger partial charge in [0.2, 0.25) is 6.79 Å². The molecule has 8 nitrogen and oxygen atoms in total. The Bertz CT molecular complexity index is 1100. The molecule has 0 amide bonds. The molecule has 0 unspecified atom stereocenters. The van der Waals surface area contributed by atoms with Gasteiger partial charge in [0, 0.05) is 17.7 Å². The van der Waals surface area contributed by atoms with Gasteiger partial charge in [0.05, 0.1) is 24.1 Å². The number of pyridine rings is 1. The molecule has 3 heterocycles. The Hall–Kier alpha value is -3.53. The molecule has 0 atom stereocenters. The lowest BCUT2D eigenvalue weighted by Gasteiger charge is -2.05. The van der Waals surface area contributed by atoms with E-state index >= 15 is 0 Å². The van der Waals surface area contributed by atoms with E-state index in [1.54, 1.807) is 18.2 Å². The third-order valence-electron chi connectivity index (χ3n) is 4.28. The molecule has 28 heavy (non-hydrogen) atoms. The second-order valence-corrected chi connectivity index (χ2v) is 5.98. The summed E-state index contributed by atoms with van der Waals surface area (Å²) in [6.07, 6.45) is 0.853. The van der Waals surface area contributed by atoms with E-state index in [1.807, 2.05) is 12.1 Å². The number of halogens is 2. The summed E-state index contributed by atoms with van der Waals surface area (Å²) in [5, 5.41) is 3.87. The maximum absolute atomic E-state index is 12.8. The summed E-state index contributed by atoms with van der Waals surface area (Å²) in [5.74, 6) is 1.32. The smallest absolute Gasteiger partial charge is 0.350 e. The summed E-state index contributed by atoms with van der Waals surface area (Å²) in [6.45, 7) is -0.535. The molecule has 144 valence electrons. The topological polar surface area (TPSA) is 97.2 Å². The monoisotopic (exact) mass is 387 g/mol. The van der Waals surface area contributed by atoms with Crippen LogP contribution in [0.3, 0.4) is 0 Å². The van der Waals surface area contributed by atoms with Crippen molar-refractivity contribution in [1.82, 2.24) is 19.3 Å². The van der Waals surface area contributed by atoms with Gasteiger partial charge in [-0.2, -0.15) is 13.9 Å². The van der Waals surface area contributed by atoms with Crippen LogP contribution in [0.25, 0.3) is 16.9 Å². The van der Waals surface area contributed by atoms with Crippen LogP contribution in [0.2, 0.25) is 0 Å². The lowest BCUT2D eigenvalue weighted by molar-refractivity contribution is 0.174. The average molecular weight is 387 g/mol. The second-order valence-electron chi connectivity index (χ2n) is 5.98. The summed E-state index contributed by atoms with van der Waals surface area (Å²) >= 11 is 0. The Kier molecular flexibility index (Phi) is 4.62. The molecule has 0 aliphatic carbocycles. The largest absolute Gasteiger partial charge is 0.454 e. The number of aromatic nitrogens is 4. The van der Waals surface area contributed by atoms with Crippen LogP contribution in [0.5, 0.6) is 11.5 Å². The first-order valence-electron chi connectivity index (χ1n) is 8.31. The van der Waals surface area contributed by atoms with Crippen molar-refractivity contribution in [2.75, 3.05) is 13.3 Å². The quantitative estimate of drug-likeness (QED) is 0.719. The number of benzene rings is 1. The van der Waals surface area contributed by atoms with Crippen LogP contribution in [0.15, 0.2) is 59.3 Å². The molecule has 1 aliphatic heterocycles. The first-order chi connectivity index (χ1) is 13.6. The highest BCUT2D eigenvalue weighted by molar-refractivity contribution is 5.64. The van der Waals surface area contributed by atoms with Gasteiger partial charge in [0.25, 0.3) is 6.08 Å². The molecule has 1 aromatic carbocycles. The highest BCUT2D eigenvalue weighted by Crippen LogP contribution is 2.35. The molecule has 0 spiro atoms. The van der Waals surface area contributed by atoms with Crippen LogP contribution >= 0.6 is 0 Å². The predicted molar refractivity (Wildman–Crippen MR) is 95.5 cm³/mol. The first-order valence-corrected chi connectivity index (χ1v) is 8.31. The Balaban J connectivity index is 1.60. The Morgan fingerprint density at radius 3 is 2.71 bits per heavy atom. The van der Waals surface area contributed by atoms with Gasteiger partial charge >= 0.3 is 5.69 Å². The Labute approximate surface area is 157 Å². The van der Waals surface area contributed by atoms with Crippen LogP contribution in [0, 0.1) is 0 Å². The van der Waals surface area contributed by atoms with Crippen LogP contribution < -0.4 is 20.9 Å². The zero-order chi connectivity index (χ0) is 19.7. The molecule has 0 bridgehead atoms. The van der Waals surface area contributed by atoms with E-state index in [0.717, 1.165) is 10.2 Å². The number of hydrogen-bond donors (Lipinski definition) is 1. The van der Waals surface area contributed by atoms with Crippen molar-refractivity contribution in [3.63, 3.8) is 0 Å². The molecule has 0 fully saturated rings.